The second-order valence-corrected chi connectivity index (χ2v) is 14.8. The normalized spacial score (nSPS) is 23.6. The van der Waals surface area contributed by atoms with Crippen molar-refractivity contribution < 1.29 is 27.8 Å². The van der Waals surface area contributed by atoms with Crippen molar-refractivity contribution in [1.82, 2.24) is 9.80 Å². The van der Waals surface area contributed by atoms with E-state index in [9.17, 15) is 18.3 Å². The van der Waals surface area contributed by atoms with Crippen LogP contribution in [0, 0.1) is 11.8 Å². The molecule has 0 aromatic heterocycles. The van der Waals surface area contributed by atoms with Crippen molar-refractivity contribution in [3.8, 4) is 5.75 Å². The maximum absolute atomic E-state index is 14.3. The highest BCUT2D eigenvalue weighted by atomic mass is 32.2. The molecule has 0 unspecified atom stereocenters. The molecule has 2 aromatic carbocycles. The quantitative estimate of drug-likeness (QED) is 0.356. The van der Waals surface area contributed by atoms with E-state index in [1.165, 1.54) is 44.2 Å². The number of rotatable bonds is 9. The number of sulfonamides is 1. The lowest BCUT2D eigenvalue weighted by molar-refractivity contribution is -0.0190. The number of fused-ring (bicyclic) bond motifs is 1. The highest BCUT2D eigenvalue weighted by molar-refractivity contribution is 7.92. The van der Waals surface area contributed by atoms with Crippen LogP contribution in [-0.4, -0.2) is 87.4 Å². The van der Waals surface area contributed by atoms with Gasteiger partial charge in [0, 0.05) is 37.8 Å². The summed E-state index contributed by atoms with van der Waals surface area (Å²) in [6.07, 6.45) is 8.90. The van der Waals surface area contributed by atoms with Gasteiger partial charge in [-0.25, -0.2) is 8.42 Å². The summed E-state index contributed by atoms with van der Waals surface area (Å²) in [5, 5.41) is 10.2. The SMILES string of the molecule is C[C@@H]1CCCCO[C@@H](CN(C)CC2CCCCC2)[C@H](C)CN([C@H](C)CO)C(=O)c2cc(NS(=O)(=O)c3ccccc3)ccc2O1. The Morgan fingerprint density at radius 2 is 1.71 bits per heavy atom. The second-order valence-electron chi connectivity index (χ2n) is 13.2. The van der Waals surface area contributed by atoms with E-state index in [0.29, 0.717) is 18.9 Å². The molecule has 1 saturated carbocycles. The molecule has 0 bridgehead atoms. The van der Waals surface area contributed by atoms with E-state index in [-0.39, 0.29) is 46.8 Å². The van der Waals surface area contributed by atoms with E-state index < -0.39 is 16.1 Å². The number of ether oxygens (including phenoxy) is 2. The Kier molecular flexibility index (Phi) is 13.1. The molecule has 4 rings (SSSR count). The van der Waals surface area contributed by atoms with E-state index in [4.69, 9.17) is 9.47 Å². The van der Waals surface area contributed by atoms with Gasteiger partial charge in [0.05, 0.1) is 35.3 Å². The molecule has 0 radical (unpaired) electrons. The molecule has 1 heterocycles. The Morgan fingerprint density at radius 3 is 2.42 bits per heavy atom. The number of benzene rings is 2. The average Bonchev–Trinajstić information content (AvgIpc) is 3.03. The minimum absolute atomic E-state index is 0.0113. The number of hydrogen-bond donors (Lipinski definition) is 2. The first kappa shape index (κ1) is 35.2. The average molecular weight is 644 g/mol. The molecule has 1 aliphatic heterocycles. The van der Waals surface area contributed by atoms with Crippen LogP contribution < -0.4 is 9.46 Å². The number of aliphatic hydroxyl groups excluding tert-OH is 1. The monoisotopic (exact) mass is 643 g/mol. The largest absolute Gasteiger partial charge is 0.490 e. The molecule has 45 heavy (non-hydrogen) atoms. The molecular formula is C35H53N3O6S. The third-order valence-electron chi connectivity index (χ3n) is 9.14. The van der Waals surface area contributed by atoms with Gasteiger partial charge in [0.25, 0.3) is 15.9 Å². The van der Waals surface area contributed by atoms with Crippen LogP contribution in [0.15, 0.2) is 53.4 Å². The van der Waals surface area contributed by atoms with E-state index in [1.807, 2.05) is 13.8 Å². The van der Waals surface area contributed by atoms with Crippen molar-refractivity contribution in [2.75, 3.05) is 44.6 Å². The second kappa shape index (κ2) is 16.8. The fraction of sp³-hybridized carbons (Fsp3) is 0.629. The summed E-state index contributed by atoms with van der Waals surface area (Å²) in [5.74, 6) is 0.784. The summed E-state index contributed by atoms with van der Waals surface area (Å²) in [7, 11) is -1.70. The minimum atomic E-state index is -3.87. The van der Waals surface area contributed by atoms with Gasteiger partial charge in [0.15, 0.2) is 0 Å². The maximum Gasteiger partial charge on any atom is 0.261 e. The first-order valence-corrected chi connectivity index (χ1v) is 18.2. The lowest BCUT2D eigenvalue weighted by atomic mass is 9.89. The van der Waals surface area contributed by atoms with Gasteiger partial charge in [-0.2, -0.15) is 0 Å². The molecule has 2 aliphatic rings. The Balaban J connectivity index is 1.62. The zero-order valence-electron chi connectivity index (χ0n) is 27.5. The summed E-state index contributed by atoms with van der Waals surface area (Å²) in [6.45, 7) is 8.54. The molecule has 2 aromatic rings. The van der Waals surface area contributed by atoms with Gasteiger partial charge in [-0.05, 0) is 89.2 Å². The van der Waals surface area contributed by atoms with E-state index in [2.05, 4.69) is 23.6 Å². The highest BCUT2D eigenvalue weighted by Gasteiger charge is 2.31. The van der Waals surface area contributed by atoms with E-state index in [0.717, 1.165) is 38.3 Å². The molecule has 10 heteroatoms. The minimum Gasteiger partial charge on any atom is -0.490 e. The molecular weight excluding hydrogens is 590 g/mol. The van der Waals surface area contributed by atoms with Crippen molar-refractivity contribution in [2.24, 2.45) is 11.8 Å². The van der Waals surface area contributed by atoms with Gasteiger partial charge in [-0.15, -0.1) is 0 Å². The van der Waals surface area contributed by atoms with Gasteiger partial charge in [0.1, 0.15) is 5.75 Å². The Labute approximate surface area is 270 Å². The third kappa shape index (κ3) is 10.2. The number of carbonyl (C=O) groups excluding carboxylic acids is 1. The molecule has 1 aliphatic carbocycles. The molecule has 1 fully saturated rings. The summed E-state index contributed by atoms with van der Waals surface area (Å²) in [5.41, 5.74) is 0.519. The predicted octanol–water partition coefficient (Wildman–Crippen LogP) is 5.80. The summed E-state index contributed by atoms with van der Waals surface area (Å²) in [4.78, 5) is 18.5. The number of hydrogen-bond acceptors (Lipinski definition) is 7. The third-order valence-corrected chi connectivity index (χ3v) is 10.5. The molecule has 9 nitrogen and oxygen atoms in total. The molecule has 1 amide bonds. The number of nitrogens with one attached hydrogen (secondary N) is 1. The topological polar surface area (TPSA) is 108 Å². The zero-order valence-corrected chi connectivity index (χ0v) is 28.3. The zero-order chi connectivity index (χ0) is 32.4. The van der Waals surface area contributed by atoms with Gasteiger partial charge in [-0.3, -0.25) is 9.52 Å². The number of carbonyl (C=O) groups is 1. The Morgan fingerprint density at radius 1 is 1.00 bits per heavy atom. The van der Waals surface area contributed by atoms with Crippen LogP contribution in [0.3, 0.4) is 0 Å². The van der Waals surface area contributed by atoms with Crippen LogP contribution in [0.1, 0.15) is 82.5 Å². The lowest BCUT2D eigenvalue weighted by Gasteiger charge is -2.36. The first-order valence-electron chi connectivity index (χ1n) is 16.7. The number of amides is 1. The number of likely N-dealkylation sites (N-methyl/N-ethyl adjacent to an activating group) is 1. The van der Waals surface area contributed by atoms with Gasteiger partial charge in [-0.1, -0.05) is 44.4 Å². The van der Waals surface area contributed by atoms with Crippen LogP contribution in [-0.2, 0) is 14.8 Å². The lowest BCUT2D eigenvalue weighted by Crippen LogP contribution is -2.47. The molecule has 0 saturated heterocycles. The number of anilines is 1. The predicted molar refractivity (Wildman–Crippen MR) is 178 cm³/mol. The summed E-state index contributed by atoms with van der Waals surface area (Å²) < 4.78 is 41.6. The van der Waals surface area contributed by atoms with Gasteiger partial charge in [0.2, 0.25) is 0 Å². The fourth-order valence-electron chi connectivity index (χ4n) is 6.45. The molecule has 0 spiro atoms. The van der Waals surface area contributed by atoms with Gasteiger partial charge >= 0.3 is 0 Å². The number of nitrogens with zero attached hydrogens (tertiary/aromatic N) is 2. The van der Waals surface area contributed by atoms with E-state index >= 15 is 0 Å². The smallest absolute Gasteiger partial charge is 0.261 e. The van der Waals surface area contributed by atoms with Gasteiger partial charge < -0.3 is 24.4 Å². The van der Waals surface area contributed by atoms with Crippen molar-refractivity contribution in [2.45, 2.75) is 95.3 Å². The first-order chi connectivity index (χ1) is 21.6. The van der Waals surface area contributed by atoms with Crippen LogP contribution in [0.4, 0.5) is 5.69 Å². The van der Waals surface area contributed by atoms with Crippen molar-refractivity contribution in [3.05, 3.63) is 54.1 Å². The van der Waals surface area contributed by atoms with Crippen LogP contribution in [0.2, 0.25) is 0 Å². The number of aliphatic hydroxyl groups is 1. The molecule has 4 atom stereocenters. The van der Waals surface area contributed by atoms with Crippen LogP contribution >= 0.6 is 0 Å². The van der Waals surface area contributed by atoms with Crippen LogP contribution in [0.5, 0.6) is 5.75 Å². The van der Waals surface area contributed by atoms with Crippen molar-refractivity contribution in [3.63, 3.8) is 0 Å². The molecule has 250 valence electrons. The Bertz CT molecular complexity index is 1320. The fourth-order valence-corrected chi connectivity index (χ4v) is 7.53. The summed E-state index contributed by atoms with van der Waals surface area (Å²) in [6, 6.07) is 12.5. The summed E-state index contributed by atoms with van der Waals surface area (Å²) >= 11 is 0. The highest BCUT2D eigenvalue weighted by Crippen LogP contribution is 2.30. The van der Waals surface area contributed by atoms with Crippen molar-refractivity contribution >= 4 is 21.6 Å². The molecule has 2 N–H and O–H groups in total. The Hall–Kier alpha value is -2.66. The van der Waals surface area contributed by atoms with E-state index in [1.54, 1.807) is 41.3 Å². The van der Waals surface area contributed by atoms with Crippen LogP contribution in [0.25, 0.3) is 0 Å². The van der Waals surface area contributed by atoms with Crippen molar-refractivity contribution in [1.29, 1.82) is 0 Å². The standard InChI is InChI=1S/C35H53N3O6S/c1-26-22-38(27(2)25-39)35(40)32-21-30(36-45(41,42)31-16-9-6-10-17-31)18-19-33(32)44-28(3)13-11-12-20-43-34(26)24-37(4)23-29-14-7-5-8-15-29/h6,9-10,16-19,21,26-29,34,36,39H,5,7-8,11-15,20,22-25H2,1-4H3/t26-,27-,28-,34+/m1/s1. The maximum atomic E-state index is 14.3.